The number of benzene rings is 1. The van der Waals surface area contributed by atoms with E-state index in [0.717, 1.165) is 18.6 Å². The Hall–Kier alpha value is -1.16. The number of nitrogens with zero attached hydrogens (tertiary/aromatic N) is 1. The second kappa shape index (κ2) is 5.32. The maximum atomic E-state index is 3.69. The average Bonchev–Trinajstić information content (AvgIpc) is 3.39. The van der Waals surface area contributed by atoms with E-state index in [9.17, 15) is 0 Å². The number of hydrazine groups is 1. The number of hydrogen-bond acceptors (Lipinski definition) is 3. The molecule has 2 aliphatic carbocycles. The first kappa shape index (κ1) is 12.6. The predicted molar refractivity (Wildman–Crippen MR) is 84.5 cm³/mol. The van der Waals surface area contributed by atoms with Crippen LogP contribution in [0.4, 0.5) is 0 Å². The third-order valence-electron chi connectivity index (χ3n) is 4.00. The van der Waals surface area contributed by atoms with Gasteiger partial charge in [0.25, 0.3) is 0 Å². The number of hydrogen-bond donors (Lipinski definition) is 1. The smallest absolute Gasteiger partial charge is 0.0385 e. The summed E-state index contributed by atoms with van der Waals surface area (Å²) in [4.78, 5) is 1.36. The molecule has 1 N–H and O–H groups in total. The largest absolute Gasteiger partial charge is 0.252 e. The topological polar surface area (TPSA) is 15.3 Å². The lowest BCUT2D eigenvalue weighted by atomic mass is 10.1. The van der Waals surface area contributed by atoms with Gasteiger partial charge in [0, 0.05) is 23.5 Å². The third kappa shape index (κ3) is 2.95. The highest BCUT2D eigenvalue weighted by Crippen LogP contribution is 2.31. The lowest BCUT2D eigenvalue weighted by molar-refractivity contribution is 0.163. The van der Waals surface area contributed by atoms with Crippen LogP contribution in [-0.4, -0.2) is 17.1 Å². The van der Waals surface area contributed by atoms with E-state index >= 15 is 0 Å². The Kier molecular flexibility index (Phi) is 3.34. The molecule has 2 aliphatic rings. The fourth-order valence-electron chi connectivity index (χ4n) is 2.58. The van der Waals surface area contributed by atoms with Crippen LogP contribution in [-0.2, 0) is 6.54 Å². The first-order valence-electron chi connectivity index (χ1n) is 7.54. The zero-order valence-electron chi connectivity index (χ0n) is 11.6. The van der Waals surface area contributed by atoms with Gasteiger partial charge in [0.2, 0.25) is 0 Å². The number of nitrogens with one attached hydrogen (secondary N) is 1. The summed E-state index contributed by atoms with van der Waals surface area (Å²) in [6, 6.07) is 14.8. The lowest BCUT2D eigenvalue weighted by Gasteiger charge is -2.23. The van der Waals surface area contributed by atoms with Gasteiger partial charge in [0.1, 0.15) is 0 Å². The van der Waals surface area contributed by atoms with E-state index in [2.05, 4.69) is 52.2 Å². The Labute approximate surface area is 124 Å². The summed E-state index contributed by atoms with van der Waals surface area (Å²) in [6.07, 6.45) is 5.39. The molecule has 104 valence electrons. The van der Waals surface area contributed by atoms with Crippen molar-refractivity contribution in [2.75, 3.05) is 0 Å². The Morgan fingerprint density at radius 3 is 2.70 bits per heavy atom. The standard InChI is InChI=1S/C17H20N2S/c1-3-13(11-14(4-1)17-5-2-10-20-17)12-19(16-8-9-16)18-15-6-7-15/h1-5,10-11,15-16,18H,6-9,12H2. The molecule has 0 radical (unpaired) electrons. The molecular formula is C17H20N2S. The zero-order valence-corrected chi connectivity index (χ0v) is 12.4. The van der Waals surface area contributed by atoms with Gasteiger partial charge in [0.15, 0.2) is 0 Å². The number of rotatable bonds is 6. The molecule has 0 amide bonds. The van der Waals surface area contributed by atoms with Crippen molar-refractivity contribution >= 4 is 11.3 Å². The fraction of sp³-hybridized carbons (Fsp3) is 0.412. The van der Waals surface area contributed by atoms with E-state index in [-0.39, 0.29) is 0 Å². The van der Waals surface area contributed by atoms with E-state index < -0.39 is 0 Å². The summed E-state index contributed by atoms with van der Waals surface area (Å²) >= 11 is 1.81. The molecule has 0 saturated heterocycles. The minimum absolute atomic E-state index is 0.746. The molecule has 3 heteroatoms. The highest BCUT2D eigenvalue weighted by atomic mass is 32.1. The van der Waals surface area contributed by atoms with Crippen LogP contribution >= 0.6 is 11.3 Å². The van der Waals surface area contributed by atoms with Crippen molar-refractivity contribution < 1.29 is 0 Å². The van der Waals surface area contributed by atoms with Crippen molar-refractivity contribution in [3.63, 3.8) is 0 Å². The molecule has 0 bridgehead atoms. The molecule has 1 aromatic heterocycles. The van der Waals surface area contributed by atoms with Crippen molar-refractivity contribution in [2.45, 2.75) is 44.3 Å². The lowest BCUT2D eigenvalue weighted by Crippen LogP contribution is -2.40. The summed E-state index contributed by atoms with van der Waals surface area (Å²) in [5.41, 5.74) is 6.45. The van der Waals surface area contributed by atoms with Crippen molar-refractivity contribution in [3.8, 4) is 10.4 Å². The van der Waals surface area contributed by atoms with E-state index in [4.69, 9.17) is 0 Å². The first-order valence-corrected chi connectivity index (χ1v) is 8.42. The Bertz CT molecular complexity index is 570. The molecule has 2 fully saturated rings. The van der Waals surface area contributed by atoms with Crippen LogP contribution in [0, 0.1) is 0 Å². The van der Waals surface area contributed by atoms with Gasteiger partial charge in [-0.25, -0.2) is 5.01 Å². The van der Waals surface area contributed by atoms with Crippen LogP contribution < -0.4 is 5.43 Å². The Balaban J connectivity index is 1.50. The number of thiophene rings is 1. The van der Waals surface area contributed by atoms with Gasteiger partial charge in [0.05, 0.1) is 0 Å². The van der Waals surface area contributed by atoms with Crippen molar-refractivity contribution in [2.24, 2.45) is 0 Å². The van der Waals surface area contributed by atoms with E-state index in [1.807, 2.05) is 11.3 Å². The van der Waals surface area contributed by atoms with Crippen molar-refractivity contribution in [3.05, 3.63) is 47.3 Å². The molecule has 0 spiro atoms. The Morgan fingerprint density at radius 1 is 1.10 bits per heavy atom. The molecule has 0 atom stereocenters. The van der Waals surface area contributed by atoms with Crippen LogP contribution in [0.1, 0.15) is 31.2 Å². The van der Waals surface area contributed by atoms with Gasteiger partial charge in [-0.15, -0.1) is 11.3 Å². The van der Waals surface area contributed by atoms with Crippen molar-refractivity contribution in [1.29, 1.82) is 0 Å². The van der Waals surface area contributed by atoms with E-state index in [0.29, 0.717) is 0 Å². The molecular weight excluding hydrogens is 264 g/mol. The maximum absolute atomic E-state index is 3.69. The van der Waals surface area contributed by atoms with Gasteiger partial charge >= 0.3 is 0 Å². The minimum Gasteiger partial charge on any atom is -0.252 e. The van der Waals surface area contributed by atoms with Gasteiger partial charge in [-0.3, -0.25) is 5.43 Å². The normalized spacial score (nSPS) is 18.6. The van der Waals surface area contributed by atoms with Gasteiger partial charge < -0.3 is 0 Å². The molecule has 0 aliphatic heterocycles. The predicted octanol–water partition coefficient (Wildman–Crippen LogP) is 4.05. The molecule has 1 aromatic carbocycles. The zero-order chi connectivity index (χ0) is 13.4. The van der Waals surface area contributed by atoms with Crippen LogP contribution in [0.3, 0.4) is 0 Å². The average molecular weight is 284 g/mol. The maximum Gasteiger partial charge on any atom is 0.0385 e. The van der Waals surface area contributed by atoms with Gasteiger partial charge in [-0.1, -0.05) is 24.3 Å². The highest BCUT2D eigenvalue weighted by Gasteiger charge is 2.33. The first-order chi connectivity index (χ1) is 9.88. The van der Waals surface area contributed by atoms with Gasteiger partial charge in [-0.05, 0) is 54.3 Å². The minimum atomic E-state index is 0.746. The summed E-state index contributed by atoms with van der Waals surface area (Å²) in [5, 5.41) is 4.62. The third-order valence-corrected chi connectivity index (χ3v) is 4.92. The van der Waals surface area contributed by atoms with Crippen LogP contribution in [0.25, 0.3) is 10.4 Å². The second-order valence-electron chi connectivity index (χ2n) is 5.94. The molecule has 2 saturated carbocycles. The second-order valence-corrected chi connectivity index (χ2v) is 6.89. The van der Waals surface area contributed by atoms with Gasteiger partial charge in [-0.2, -0.15) is 0 Å². The molecule has 4 rings (SSSR count). The summed E-state index contributed by atoms with van der Waals surface area (Å²) in [5.74, 6) is 0. The molecule has 0 unspecified atom stereocenters. The highest BCUT2D eigenvalue weighted by molar-refractivity contribution is 7.13. The summed E-state index contributed by atoms with van der Waals surface area (Å²) < 4.78 is 0. The summed E-state index contributed by atoms with van der Waals surface area (Å²) in [7, 11) is 0. The van der Waals surface area contributed by atoms with Crippen LogP contribution in [0.15, 0.2) is 41.8 Å². The van der Waals surface area contributed by atoms with Crippen LogP contribution in [0.5, 0.6) is 0 Å². The molecule has 2 aromatic rings. The fourth-order valence-corrected chi connectivity index (χ4v) is 3.30. The summed E-state index contributed by atoms with van der Waals surface area (Å²) in [6.45, 7) is 1.03. The van der Waals surface area contributed by atoms with E-state index in [1.54, 1.807) is 0 Å². The van der Waals surface area contributed by atoms with E-state index in [1.165, 1.54) is 41.7 Å². The molecule has 20 heavy (non-hydrogen) atoms. The monoisotopic (exact) mass is 284 g/mol. The Morgan fingerprint density at radius 2 is 2.00 bits per heavy atom. The molecule has 2 nitrogen and oxygen atoms in total. The van der Waals surface area contributed by atoms with Crippen LogP contribution in [0.2, 0.25) is 0 Å². The van der Waals surface area contributed by atoms with Crippen molar-refractivity contribution in [1.82, 2.24) is 10.4 Å². The SMILES string of the molecule is c1cc(CN(NC2CC2)C2CC2)cc(-c2cccs2)c1. The quantitative estimate of drug-likeness (QED) is 0.805. The molecule has 1 heterocycles.